The number of tetrazole rings is 1. The van der Waals surface area contributed by atoms with Crippen molar-refractivity contribution in [3.05, 3.63) is 42.1 Å². The second-order valence-corrected chi connectivity index (χ2v) is 5.09. The van der Waals surface area contributed by atoms with Gasteiger partial charge in [0.05, 0.1) is 17.9 Å². The third-order valence-corrected chi connectivity index (χ3v) is 3.38. The number of aromatic amines is 1. The molecule has 3 N–H and O–H groups in total. The average Bonchev–Trinajstić information content (AvgIpc) is 3.18. The number of nitrogens with two attached hydrogens (primary N) is 1. The lowest BCUT2D eigenvalue weighted by atomic mass is 10.1. The molecule has 0 unspecified atom stereocenters. The van der Waals surface area contributed by atoms with E-state index in [0.717, 1.165) is 17.0 Å². The lowest BCUT2D eigenvalue weighted by Crippen LogP contribution is -2.30. The second kappa shape index (κ2) is 6.26. The summed E-state index contributed by atoms with van der Waals surface area (Å²) in [7, 11) is 1.70. The summed E-state index contributed by atoms with van der Waals surface area (Å²) in [5.41, 5.74) is 8.24. The zero-order valence-corrected chi connectivity index (χ0v) is 12.5. The highest BCUT2D eigenvalue weighted by atomic mass is 16.2. The molecule has 1 aromatic carbocycles. The molecule has 0 bridgehead atoms. The quantitative estimate of drug-likeness (QED) is 0.699. The number of nitrogens with one attached hydrogen (secondary N) is 1. The number of nitrogens with zero attached hydrogens (tertiary/aromatic N) is 6. The second-order valence-electron chi connectivity index (χ2n) is 5.09. The first-order valence-electron chi connectivity index (χ1n) is 6.99. The van der Waals surface area contributed by atoms with E-state index in [1.54, 1.807) is 11.9 Å². The maximum absolute atomic E-state index is 12.2. The van der Waals surface area contributed by atoms with Crippen molar-refractivity contribution in [2.75, 3.05) is 12.8 Å². The van der Waals surface area contributed by atoms with Crippen LogP contribution in [0.3, 0.4) is 0 Å². The Morgan fingerprint density at radius 1 is 1.35 bits per heavy atom. The number of carbonyl (C=O) groups excluding carboxylic acids is 1. The Labute approximate surface area is 132 Å². The van der Waals surface area contributed by atoms with Crippen LogP contribution < -0.4 is 5.73 Å². The fourth-order valence-electron chi connectivity index (χ4n) is 2.12. The van der Waals surface area contributed by atoms with Gasteiger partial charge in [-0.05, 0) is 16.5 Å². The number of hydrogen-bond donors (Lipinski definition) is 2. The molecule has 0 aliphatic rings. The molecule has 0 saturated heterocycles. The highest BCUT2D eigenvalue weighted by molar-refractivity contribution is 5.75. The SMILES string of the molecule is CN(Cc1cc(-c2ccccc2)n[nH]1)C(=O)Cn1nnnc1N. The van der Waals surface area contributed by atoms with Crippen molar-refractivity contribution in [3.8, 4) is 11.3 Å². The molecule has 0 spiro atoms. The molecule has 0 atom stereocenters. The van der Waals surface area contributed by atoms with Crippen LogP contribution in [0.25, 0.3) is 11.3 Å². The number of nitrogen functional groups attached to an aromatic ring is 1. The molecule has 118 valence electrons. The minimum Gasteiger partial charge on any atom is -0.367 e. The summed E-state index contributed by atoms with van der Waals surface area (Å²) in [6, 6.07) is 11.7. The summed E-state index contributed by atoms with van der Waals surface area (Å²) in [6.07, 6.45) is 0. The van der Waals surface area contributed by atoms with Gasteiger partial charge in [-0.25, -0.2) is 4.68 Å². The Bertz CT molecular complexity index is 794. The van der Waals surface area contributed by atoms with E-state index in [9.17, 15) is 4.79 Å². The van der Waals surface area contributed by atoms with E-state index in [4.69, 9.17) is 5.73 Å². The maximum atomic E-state index is 12.2. The van der Waals surface area contributed by atoms with Crippen LogP contribution in [-0.2, 0) is 17.9 Å². The van der Waals surface area contributed by atoms with E-state index in [1.807, 2.05) is 36.4 Å². The van der Waals surface area contributed by atoms with E-state index in [2.05, 4.69) is 25.7 Å². The van der Waals surface area contributed by atoms with Crippen LogP contribution in [0.5, 0.6) is 0 Å². The fraction of sp³-hybridized carbons (Fsp3) is 0.214. The number of aromatic nitrogens is 6. The first-order valence-corrected chi connectivity index (χ1v) is 6.99. The van der Waals surface area contributed by atoms with Gasteiger partial charge in [-0.1, -0.05) is 35.4 Å². The minimum atomic E-state index is -0.153. The predicted octanol–water partition coefficient (Wildman–Crippen LogP) is 0.304. The summed E-state index contributed by atoms with van der Waals surface area (Å²) in [5.74, 6) is -0.0421. The molecule has 0 radical (unpaired) electrons. The molecule has 0 saturated carbocycles. The fourth-order valence-corrected chi connectivity index (χ4v) is 2.12. The van der Waals surface area contributed by atoms with Gasteiger partial charge in [0.25, 0.3) is 0 Å². The first kappa shape index (κ1) is 14.7. The Hall–Kier alpha value is -3.23. The average molecular weight is 312 g/mol. The smallest absolute Gasteiger partial charge is 0.244 e. The van der Waals surface area contributed by atoms with Gasteiger partial charge in [0, 0.05) is 12.6 Å². The number of likely N-dealkylation sites (N-methyl/N-ethyl adjacent to an activating group) is 1. The van der Waals surface area contributed by atoms with E-state index in [0.29, 0.717) is 6.54 Å². The van der Waals surface area contributed by atoms with Gasteiger partial charge in [-0.15, -0.1) is 0 Å². The van der Waals surface area contributed by atoms with Crippen molar-refractivity contribution in [2.24, 2.45) is 0 Å². The number of H-pyrrole nitrogens is 1. The maximum Gasteiger partial charge on any atom is 0.244 e. The number of carbonyl (C=O) groups is 1. The summed E-state index contributed by atoms with van der Waals surface area (Å²) >= 11 is 0. The van der Waals surface area contributed by atoms with Gasteiger partial charge in [0.2, 0.25) is 11.9 Å². The zero-order chi connectivity index (χ0) is 16.2. The third kappa shape index (κ3) is 3.34. The van der Waals surface area contributed by atoms with Gasteiger partial charge < -0.3 is 10.6 Å². The summed E-state index contributed by atoms with van der Waals surface area (Å²) in [4.78, 5) is 13.7. The first-order chi connectivity index (χ1) is 11.1. The topological polar surface area (TPSA) is 119 Å². The van der Waals surface area contributed by atoms with Gasteiger partial charge in [-0.2, -0.15) is 5.10 Å². The molecule has 2 aromatic heterocycles. The molecule has 9 heteroatoms. The van der Waals surface area contributed by atoms with Crippen molar-refractivity contribution < 1.29 is 4.79 Å². The number of amides is 1. The predicted molar refractivity (Wildman–Crippen MR) is 82.7 cm³/mol. The lowest BCUT2D eigenvalue weighted by molar-refractivity contribution is -0.131. The van der Waals surface area contributed by atoms with Crippen molar-refractivity contribution in [1.29, 1.82) is 0 Å². The molecule has 9 nitrogen and oxygen atoms in total. The minimum absolute atomic E-state index is 0.00495. The molecular formula is C14H16N8O. The van der Waals surface area contributed by atoms with Crippen LogP contribution in [-0.4, -0.2) is 48.3 Å². The molecule has 0 aliphatic carbocycles. The lowest BCUT2D eigenvalue weighted by Gasteiger charge is -2.15. The molecule has 0 fully saturated rings. The largest absolute Gasteiger partial charge is 0.367 e. The van der Waals surface area contributed by atoms with Gasteiger partial charge in [0.1, 0.15) is 6.54 Å². The van der Waals surface area contributed by atoms with Crippen molar-refractivity contribution in [1.82, 2.24) is 35.3 Å². The van der Waals surface area contributed by atoms with E-state index >= 15 is 0 Å². The van der Waals surface area contributed by atoms with Crippen LogP contribution in [0.1, 0.15) is 5.69 Å². The van der Waals surface area contributed by atoms with Crippen LogP contribution in [0.2, 0.25) is 0 Å². The van der Waals surface area contributed by atoms with Crippen molar-refractivity contribution >= 4 is 11.9 Å². The monoisotopic (exact) mass is 312 g/mol. The number of rotatable bonds is 5. The Kier molecular flexibility index (Phi) is 4.00. The van der Waals surface area contributed by atoms with E-state index < -0.39 is 0 Å². The number of anilines is 1. The Morgan fingerprint density at radius 2 is 2.13 bits per heavy atom. The molecule has 1 amide bonds. The van der Waals surface area contributed by atoms with Crippen LogP contribution in [0, 0.1) is 0 Å². The van der Waals surface area contributed by atoms with Crippen LogP contribution in [0.4, 0.5) is 5.95 Å². The van der Waals surface area contributed by atoms with Gasteiger partial charge in [0.15, 0.2) is 0 Å². The molecule has 0 aliphatic heterocycles. The summed E-state index contributed by atoms with van der Waals surface area (Å²) in [5, 5.41) is 17.8. The van der Waals surface area contributed by atoms with Gasteiger partial charge in [-0.3, -0.25) is 9.89 Å². The summed E-state index contributed by atoms with van der Waals surface area (Å²) in [6.45, 7) is 0.399. The van der Waals surface area contributed by atoms with Crippen molar-refractivity contribution in [2.45, 2.75) is 13.1 Å². The Balaban J connectivity index is 1.64. The molecule has 23 heavy (non-hydrogen) atoms. The standard InChI is InChI=1S/C14H16N8O/c1-21(13(23)9-22-14(15)18-19-20-22)8-11-7-12(17-16-11)10-5-3-2-4-6-10/h2-7H,8-9H2,1H3,(H,16,17)(H2,15,18,20). The molecular weight excluding hydrogens is 296 g/mol. The molecule has 3 aromatic rings. The highest BCUT2D eigenvalue weighted by Crippen LogP contribution is 2.17. The molecule has 2 heterocycles. The van der Waals surface area contributed by atoms with Gasteiger partial charge >= 0.3 is 0 Å². The van der Waals surface area contributed by atoms with Crippen molar-refractivity contribution in [3.63, 3.8) is 0 Å². The Morgan fingerprint density at radius 3 is 2.83 bits per heavy atom. The van der Waals surface area contributed by atoms with E-state index in [1.165, 1.54) is 4.68 Å². The summed E-state index contributed by atoms with van der Waals surface area (Å²) < 4.78 is 1.25. The van der Waals surface area contributed by atoms with Crippen LogP contribution in [0.15, 0.2) is 36.4 Å². The third-order valence-electron chi connectivity index (χ3n) is 3.38. The normalized spacial score (nSPS) is 10.7. The van der Waals surface area contributed by atoms with Crippen LogP contribution >= 0.6 is 0 Å². The number of hydrogen-bond acceptors (Lipinski definition) is 6. The van der Waals surface area contributed by atoms with E-state index in [-0.39, 0.29) is 18.4 Å². The molecule has 3 rings (SSSR count). The zero-order valence-electron chi connectivity index (χ0n) is 12.5. The number of benzene rings is 1. The highest BCUT2D eigenvalue weighted by Gasteiger charge is 2.14.